The first kappa shape index (κ1) is 126. The van der Waals surface area contributed by atoms with Crippen LogP contribution >= 0.6 is 0 Å². The molecule has 0 aromatic carbocycles. The van der Waals surface area contributed by atoms with Crippen LogP contribution in [0, 0.1) is 0 Å². The molecule has 0 aliphatic carbocycles. The van der Waals surface area contributed by atoms with E-state index in [1.807, 2.05) is 0 Å². The van der Waals surface area contributed by atoms with Gasteiger partial charge in [-0.25, -0.2) is 0 Å². The van der Waals surface area contributed by atoms with Gasteiger partial charge in [0.1, 0.15) is 0 Å². The Bertz CT molecular complexity index is 8.00. The summed E-state index contributed by atoms with van der Waals surface area (Å²) in [6.07, 6.45) is 0. The zero-order valence-corrected chi connectivity index (χ0v) is 0.500. The molecule has 2 N–H and O–H groups in total. The summed E-state index contributed by atoms with van der Waals surface area (Å²) < 4.78 is 0. The summed E-state index contributed by atoms with van der Waals surface area (Å²) in [6, 6.07) is 0. The number of hydrogen-bond acceptors (Lipinski definition) is 0. The molecular formula is CH14GeOSi. The molecular weight excluding hydrogens is 129 g/mol. The Labute approximate surface area is 42.1 Å². The van der Waals surface area contributed by atoms with E-state index in [1.165, 1.54) is 0 Å². The van der Waals surface area contributed by atoms with E-state index in [0.29, 0.717) is 0 Å². The third kappa shape index (κ3) is 15.5. The second-order valence-corrected chi connectivity index (χ2v) is 0. The van der Waals surface area contributed by atoms with Crippen LogP contribution in [0.2, 0.25) is 0 Å². The summed E-state index contributed by atoms with van der Waals surface area (Å²) in [5, 5.41) is 0. The minimum absolute atomic E-state index is 0. The molecule has 0 aromatic heterocycles. The number of rotatable bonds is 0. The fraction of sp³-hybridized carbons (Fsp3) is 1.00. The van der Waals surface area contributed by atoms with Gasteiger partial charge < -0.3 is 5.48 Å². The van der Waals surface area contributed by atoms with Crippen LogP contribution in [0.25, 0.3) is 0 Å². The first-order chi connectivity index (χ1) is 0. The van der Waals surface area contributed by atoms with E-state index in [-0.39, 0.29) is 41.5 Å². The van der Waals surface area contributed by atoms with Crippen LogP contribution in [0.5, 0.6) is 0 Å². The van der Waals surface area contributed by atoms with E-state index in [2.05, 4.69) is 0 Å². The summed E-state index contributed by atoms with van der Waals surface area (Å²) in [5.41, 5.74) is 0. The minimum Gasteiger partial charge on any atom is -0.0149 e. The predicted octanol–water partition coefficient (Wildman–Crippen LogP) is -3.09. The van der Waals surface area contributed by atoms with Crippen molar-refractivity contribution in [3.8, 4) is 0 Å². The maximum atomic E-state index is 0. The smallest absolute Gasteiger partial charge is 0.0149 e. The van der Waals surface area contributed by atoms with Crippen molar-refractivity contribution in [1.82, 2.24) is 0 Å². The zero-order valence-electron chi connectivity index (χ0n) is 0.500. The Morgan fingerprint density at radius 3 is 1.00 bits per heavy atom. The van der Waals surface area contributed by atoms with Gasteiger partial charge in [-0.15, -0.1) is 0 Å². The predicted molar refractivity (Wildman–Crippen MR) is 33.0 cm³/mol. The Hall–Kier alpha value is 0.720. The van der Waals surface area contributed by atoms with Gasteiger partial charge >= 0.3 is 17.6 Å². The molecule has 0 rings (SSSR count). The summed E-state index contributed by atoms with van der Waals surface area (Å²) in [7, 11) is 0. The molecule has 0 bridgehead atoms. The van der Waals surface area contributed by atoms with Crippen LogP contribution < -0.4 is 0 Å². The molecule has 0 aromatic rings. The average molecular weight is 143 g/mol. The Morgan fingerprint density at radius 2 is 1.00 bits per heavy atom. The second kappa shape index (κ2) is 53.1. The first-order valence-electron chi connectivity index (χ1n) is 0. The molecule has 0 atom stereocenters. The Kier molecular flexibility index (Phi) is 1670. The van der Waals surface area contributed by atoms with Crippen LogP contribution in [0.4, 0.5) is 0 Å². The molecule has 3 heteroatoms. The topological polar surface area (TPSA) is 31.5 Å². The van der Waals surface area contributed by atoms with Crippen LogP contribution in [0.15, 0.2) is 0 Å². The molecule has 0 saturated carbocycles. The number of hydrogen-bond donors (Lipinski definition) is 0. The molecule has 4 heavy (non-hydrogen) atoms. The first-order valence-corrected chi connectivity index (χ1v) is 0. The van der Waals surface area contributed by atoms with Crippen molar-refractivity contribution in [2.75, 3.05) is 0 Å². The molecule has 0 heterocycles. The molecule has 0 aliphatic rings. The summed E-state index contributed by atoms with van der Waals surface area (Å²) in [6.45, 7) is 0. The summed E-state index contributed by atoms with van der Waals surface area (Å²) in [5.74, 6) is 0. The van der Waals surface area contributed by atoms with Crippen LogP contribution in [-0.4, -0.2) is 34.0 Å². The van der Waals surface area contributed by atoms with Crippen molar-refractivity contribution in [3.05, 3.63) is 0 Å². The largest absolute Gasteiger partial charge is 0.0149 e. The van der Waals surface area contributed by atoms with Crippen LogP contribution in [-0.2, 0) is 0 Å². The molecule has 0 radical (unpaired) electrons. The quantitative estimate of drug-likeness (QED) is 0.322. The van der Waals surface area contributed by atoms with Crippen LogP contribution in [0.3, 0.4) is 0 Å². The van der Waals surface area contributed by atoms with E-state index in [1.54, 1.807) is 0 Å². The summed E-state index contributed by atoms with van der Waals surface area (Å²) >= 11 is 0. The van der Waals surface area contributed by atoms with Gasteiger partial charge in [0.25, 0.3) is 0 Å². The van der Waals surface area contributed by atoms with E-state index in [4.69, 9.17) is 0 Å². The molecule has 0 amide bonds. The van der Waals surface area contributed by atoms with Gasteiger partial charge in [0, 0.05) is 0 Å². The molecule has 0 saturated heterocycles. The third-order valence-corrected chi connectivity index (χ3v) is 0. The molecule has 0 aliphatic heterocycles. The molecule has 1 nitrogen and oxygen atoms in total. The van der Waals surface area contributed by atoms with Gasteiger partial charge in [-0.05, 0) is 11.0 Å². The SMILES string of the molecule is C.O.[GeH4].[SiH4]. The molecule has 32 valence electrons. The zero-order chi connectivity index (χ0) is 0. The van der Waals surface area contributed by atoms with Crippen molar-refractivity contribution in [2.24, 2.45) is 0 Å². The monoisotopic (exact) mass is 144 g/mol. The molecule has 0 fully saturated rings. The van der Waals surface area contributed by atoms with Gasteiger partial charge in [0.05, 0.1) is 0 Å². The fourth-order valence-electron chi connectivity index (χ4n) is 0. The average Bonchev–Trinajstić information content (AvgIpc) is 0. The molecule has 0 spiro atoms. The van der Waals surface area contributed by atoms with E-state index >= 15 is 0 Å². The van der Waals surface area contributed by atoms with Crippen molar-refractivity contribution < 1.29 is 5.48 Å². The summed E-state index contributed by atoms with van der Waals surface area (Å²) in [4.78, 5) is 0. The fourth-order valence-corrected chi connectivity index (χ4v) is 0. The van der Waals surface area contributed by atoms with Crippen LogP contribution in [0.1, 0.15) is 7.43 Å². The van der Waals surface area contributed by atoms with E-state index < -0.39 is 0 Å². The minimum atomic E-state index is 0. The van der Waals surface area contributed by atoms with E-state index in [0.717, 1.165) is 0 Å². The van der Waals surface area contributed by atoms with Crippen molar-refractivity contribution in [2.45, 2.75) is 7.43 Å². The maximum Gasteiger partial charge on any atom is -0.0149 e. The maximum absolute atomic E-state index is 0. The van der Waals surface area contributed by atoms with Gasteiger partial charge in [-0.2, -0.15) is 0 Å². The van der Waals surface area contributed by atoms with Crippen molar-refractivity contribution >= 4 is 28.6 Å². The Balaban J connectivity index is 0. The van der Waals surface area contributed by atoms with Crippen molar-refractivity contribution in [1.29, 1.82) is 0 Å². The second-order valence-electron chi connectivity index (χ2n) is 0. The third-order valence-electron chi connectivity index (χ3n) is 0. The van der Waals surface area contributed by atoms with Crippen molar-refractivity contribution in [3.63, 3.8) is 0 Å². The standard InChI is InChI=1S/CH4.GeH4.H2O.H4Si/h2*1H4;1H2;1H4. The van der Waals surface area contributed by atoms with Gasteiger partial charge in [-0.1, -0.05) is 7.43 Å². The normalized spacial score (nSPS) is 0. The van der Waals surface area contributed by atoms with Gasteiger partial charge in [-0.3, -0.25) is 0 Å². The Morgan fingerprint density at radius 1 is 1.00 bits per heavy atom. The molecule has 0 unspecified atom stereocenters. The van der Waals surface area contributed by atoms with Gasteiger partial charge in [0.15, 0.2) is 0 Å². The van der Waals surface area contributed by atoms with Gasteiger partial charge in [0.2, 0.25) is 0 Å². The van der Waals surface area contributed by atoms with E-state index in [9.17, 15) is 0 Å².